The van der Waals surface area contributed by atoms with E-state index in [4.69, 9.17) is 5.73 Å². The van der Waals surface area contributed by atoms with Crippen LogP contribution in [0.3, 0.4) is 0 Å². The van der Waals surface area contributed by atoms with Gasteiger partial charge in [-0.15, -0.1) is 0 Å². The number of aromatic nitrogens is 2. The van der Waals surface area contributed by atoms with Crippen LogP contribution in [0, 0.1) is 5.92 Å². The largest absolute Gasteiger partial charge is 0.368 e. The van der Waals surface area contributed by atoms with E-state index in [0.29, 0.717) is 5.95 Å². The second-order valence-corrected chi connectivity index (χ2v) is 3.05. The molecule has 58 valence electrons. The SMILES string of the molecule is Nc1nccc(CC2CC2)n1. The highest BCUT2D eigenvalue weighted by atomic mass is 15.0. The number of nitrogen functional groups attached to an aromatic ring is 1. The van der Waals surface area contributed by atoms with Crippen LogP contribution >= 0.6 is 0 Å². The molecule has 1 aliphatic rings. The lowest BCUT2D eigenvalue weighted by Gasteiger charge is -1.97. The van der Waals surface area contributed by atoms with Crippen molar-refractivity contribution in [2.24, 2.45) is 5.92 Å². The Morgan fingerprint density at radius 3 is 3.00 bits per heavy atom. The van der Waals surface area contributed by atoms with E-state index in [0.717, 1.165) is 18.0 Å². The molecule has 3 nitrogen and oxygen atoms in total. The summed E-state index contributed by atoms with van der Waals surface area (Å²) in [5.41, 5.74) is 6.52. The van der Waals surface area contributed by atoms with Gasteiger partial charge in [-0.2, -0.15) is 0 Å². The highest BCUT2D eigenvalue weighted by molar-refractivity contribution is 5.17. The Bertz CT molecular complexity index is 255. The molecule has 1 aliphatic carbocycles. The van der Waals surface area contributed by atoms with Crippen molar-refractivity contribution < 1.29 is 0 Å². The molecule has 1 aromatic heterocycles. The fourth-order valence-corrected chi connectivity index (χ4v) is 1.14. The molecule has 1 heterocycles. The van der Waals surface area contributed by atoms with Gasteiger partial charge in [0.15, 0.2) is 0 Å². The molecule has 1 aromatic rings. The molecule has 0 aromatic carbocycles. The fourth-order valence-electron chi connectivity index (χ4n) is 1.14. The van der Waals surface area contributed by atoms with Crippen LogP contribution in [0.4, 0.5) is 5.95 Å². The molecule has 0 aliphatic heterocycles. The lowest BCUT2D eigenvalue weighted by Crippen LogP contribution is -1.98. The predicted molar refractivity (Wildman–Crippen MR) is 42.9 cm³/mol. The maximum absolute atomic E-state index is 5.43. The molecule has 2 N–H and O–H groups in total. The lowest BCUT2D eigenvalue weighted by atomic mass is 10.2. The lowest BCUT2D eigenvalue weighted by molar-refractivity contribution is 0.801. The molecule has 0 spiro atoms. The smallest absolute Gasteiger partial charge is 0.220 e. The summed E-state index contributed by atoms with van der Waals surface area (Å²) in [6, 6.07) is 1.94. The van der Waals surface area contributed by atoms with E-state index in [-0.39, 0.29) is 0 Å². The highest BCUT2D eigenvalue weighted by Gasteiger charge is 2.21. The van der Waals surface area contributed by atoms with E-state index in [1.807, 2.05) is 6.07 Å². The summed E-state index contributed by atoms with van der Waals surface area (Å²) in [5.74, 6) is 1.26. The molecular formula is C8H11N3. The molecule has 0 unspecified atom stereocenters. The Balaban J connectivity index is 2.10. The van der Waals surface area contributed by atoms with Gasteiger partial charge in [-0.05, 0) is 31.2 Å². The first-order chi connectivity index (χ1) is 5.34. The Morgan fingerprint density at radius 2 is 2.36 bits per heavy atom. The van der Waals surface area contributed by atoms with Gasteiger partial charge in [-0.3, -0.25) is 0 Å². The van der Waals surface area contributed by atoms with Gasteiger partial charge in [0.05, 0.1) is 0 Å². The minimum Gasteiger partial charge on any atom is -0.368 e. The van der Waals surface area contributed by atoms with Gasteiger partial charge in [0.2, 0.25) is 5.95 Å². The topological polar surface area (TPSA) is 51.8 Å². The molecule has 3 heteroatoms. The second-order valence-electron chi connectivity index (χ2n) is 3.05. The summed E-state index contributed by atoms with van der Waals surface area (Å²) in [5, 5.41) is 0. The Kier molecular flexibility index (Phi) is 1.49. The quantitative estimate of drug-likeness (QED) is 0.682. The van der Waals surface area contributed by atoms with E-state index in [9.17, 15) is 0 Å². The van der Waals surface area contributed by atoms with E-state index in [1.165, 1.54) is 12.8 Å². The first-order valence-corrected chi connectivity index (χ1v) is 3.92. The zero-order valence-electron chi connectivity index (χ0n) is 6.33. The number of hydrogen-bond acceptors (Lipinski definition) is 3. The third-order valence-electron chi connectivity index (χ3n) is 1.93. The van der Waals surface area contributed by atoms with Crippen LogP contribution < -0.4 is 5.73 Å². The van der Waals surface area contributed by atoms with Crippen LogP contribution in [0.5, 0.6) is 0 Å². The van der Waals surface area contributed by atoms with Gasteiger partial charge in [0.1, 0.15) is 0 Å². The first-order valence-electron chi connectivity index (χ1n) is 3.92. The van der Waals surface area contributed by atoms with E-state index in [1.54, 1.807) is 6.20 Å². The average molecular weight is 149 g/mol. The summed E-state index contributed by atoms with van der Waals surface area (Å²) in [4.78, 5) is 7.95. The molecule has 0 radical (unpaired) electrons. The van der Waals surface area contributed by atoms with Gasteiger partial charge in [0.25, 0.3) is 0 Å². The summed E-state index contributed by atoms with van der Waals surface area (Å²) in [7, 11) is 0. The first kappa shape index (κ1) is 6.58. The summed E-state index contributed by atoms with van der Waals surface area (Å²) in [6.45, 7) is 0. The molecule has 1 fully saturated rings. The molecule has 0 amide bonds. The third kappa shape index (κ3) is 1.67. The van der Waals surface area contributed by atoms with Gasteiger partial charge in [-0.1, -0.05) is 0 Å². The number of nitrogens with two attached hydrogens (primary N) is 1. The van der Waals surface area contributed by atoms with Crippen LogP contribution in [-0.2, 0) is 6.42 Å². The second kappa shape index (κ2) is 2.49. The molecule has 11 heavy (non-hydrogen) atoms. The van der Waals surface area contributed by atoms with Crippen LogP contribution in [0.25, 0.3) is 0 Å². The molecule has 0 bridgehead atoms. The normalized spacial score (nSPS) is 16.7. The number of hydrogen-bond donors (Lipinski definition) is 1. The van der Waals surface area contributed by atoms with Gasteiger partial charge >= 0.3 is 0 Å². The van der Waals surface area contributed by atoms with Crippen molar-refractivity contribution in [2.75, 3.05) is 5.73 Å². The fraction of sp³-hybridized carbons (Fsp3) is 0.500. The van der Waals surface area contributed by atoms with Crippen molar-refractivity contribution in [3.8, 4) is 0 Å². The Morgan fingerprint density at radius 1 is 1.55 bits per heavy atom. The molecule has 2 rings (SSSR count). The van der Waals surface area contributed by atoms with Crippen molar-refractivity contribution in [3.05, 3.63) is 18.0 Å². The number of nitrogens with zero attached hydrogens (tertiary/aromatic N) is 2. The van der Waals surface area contributed by atoms with Crippen molar-refractivity contribution >= 4 is 5.95 Å². The maximum Gasteiger partial charge on any atom is 0.220 e. The van der Waals surface area contributed by atoms with Crippen molar-refractivity contribution in [2.45, 2.75) is 19.3 Å². The third-order valence-corrected chi connectivity index (χ3v) is 1.93. The Labute approximate surface area is 65.7 Å². The van der Waals surface area contributed by atoms with E-state index < -0.39 is 0 Å². The zero-order valence-corrected chi connectivity index (χ0v) is 6.33. The van der Waals surface area contributed by atoms with Gasteiger partial charge in [0, 0.05) is 11.9 Å². The monoisotopic (exact) mass is 149 g/mol. The molecule has 0 atom stereocenters. The zero-order chi connectivity index (χ0) is 7.68. The van der Waals surface area contributed by atoms with Crippen LogP contribution in [-0.4, -0.2) is 9.97 Å². The van der Waals surface area contributed by atoms with Crippen LogP contribution in [0.2, 0.25) is 0 Å². The van der Waals surface area contributed by atoms with Crippen molar-refractivity contribution in [1.82, 2.24) is 9.97 Å². The average Bonchev–Trinajstić information content (AvgIpc) is 2.71. The highest BCUT2D eigenvalue weighted by Crippen LogP contribution is 2.31. The van der Waals surface area contributed by atoms with Gasteiger partial charge < -0.3 is 5.73 Å². The number of rotatable bonds is 2. The van der Waals surface area contributed by atoms with E-state index >= 15 is 0 Å². The van der Waals surface area contributed by atoms with Crippen LogP contribution in [0.15, 0.2) is 12.3 Å². The molecule has 1 saturated carbocycles. The molecule has 0 saturated heterocycles. The summed E-state index contributed by atoms with van der Waals surface area (Å²) < 4.78 is 0. The maximum atomic E-state index is 5.43. The standard InChI is InChI=1S/C8H11N3/c9-8-10-4-3-7(11-8)5-6-1-2-6/h3-4,6H,1-2,5H2,(H2,9,10,11). The minimum absolute atomic E-state index is 0.392. The summed E-state index contributed by atoms with van der Waals surface area (Å²) >= 11 is 0. The van der Waals surface area contributed by atoms with E-state index in [2.05, 4.69) is 9.97 Å². The minimum atomic E-state index is 0.392. The Hall–Kier alpha value is -1.12. The summed E-state index contributed by atoms with van der Waals surface area (Å²) in [6.07, 6.45) is 5.50. The van der Waals surface area contributed by atoms with Crippen molar-refractivity contribution in [3.63, 3.8) is 0 Å². The predicted octanol–water partition coefficient (Wildman–Crippen LogP) is 1.01. The molecular weight excluding hydrogens is 138 g/mol. The van der Waals surface area contributed by atoms with Crippen LogP contribution in [0.1, 0.15) is 18.5 Å². The number of anilines is 1. The van der Waals surface area contributed by atoms with Crippen molar-refractivity contribution in [1.29, 1.82) is 0 Å². The van der Waals surface area contributed by atoms with Gasteiger partial charge in [-0.25, -0.2) is 9.97 Å².